The van der Waals surface area contributed by atoms with Crippen LogP contribution >= 0.6 is 12.6 Å². The smallest absolute Gasteiger partial charge is 0.423 e. The molecule has 0 saturated heterocycles. The Hall–Kier alpha value is -2.41. The van der Waals surface area contributed by atoms with Crippen molar-refractivity contribution in [1.82, 2.24) is 0 Å². The standard InChI is InChI=1S/C17H7F17O2S/c1-6(37)9(35)36-8-4-2-7(3-5-8)10(18,19)11(20,21)12(22,23)13(24,25)14(26,27)15(28,29)16(30,31)17(32,33)34/h2-5,37H,1H2. The SMILES string of the molecule is C=C(S)C(=O)Oc1ccc(C(F)(F)C(F)(F)C(F)(F)C(F)(F)C(F)(F)C(F)(F)C(F)(F)C(F)(F)F)cc1. The predicted molar refractivity (Wildman–Crippen MR) is 89.8 cm³/mol. The van der Waals surface area contributed by atoms with Crippen LogP contribution in [-0.4, -0.2) is 47.7 Å². The topological polar surface area (TPSA) is 26.3 Å². The fourth-order valence-electron chi connectivity index (χ4n) is 2.24. The maximum atomic E-state index is 14.1. The van der Waals surface area contributed by atoms with Gasteiger partial charge in [0.1, 0.15) is 5.75 Å². The van der Waals surface area contributed by atoms with E-state index in [2.05, 4.69) is 23.9 Å². The number of esters is 1. The second kappa shape index (κ2) is 9.11. The number of halogens is 17. The third kappa shape index (κ3) is 4.68. The van der Waals surface area contributed by atoms with E-state index in [0.717, 1.165) is 0 Å². The van der Waals surface area contributed by atoms with E-state index in [9.17, 15) is 79.4 Å². The predicted octanol–water partition coefficient (Wildman–Crippen LogP) is 7.50. The van der Waals surface area contributed by atoms with Gasteiger partial charge in [-0.2, -0.15) is 74.6 Å². The molecule has 0 spiro atoms. The Morgan fingerprint density at radius 2 is 0.919 bits per heavy atom. The Kier molecular flexibility index (Phi) is 8.03. The molecule has 37 heavy (non-hydrogen) atoms. The maximum absolute atomic E-state index is 14.1. The van der Waals surface area contributed by atoms with Crippen molar-refractivity contribution < 1.29 is 84.2 Å². The average Bonchev–Trinajstić information content (AvgIpc) is 2.72. The summed E-state index contributed by atoms with van der Waals surface area (Å²) in [5.74, 6) is -59.3. The molecule has 0 radical (unpaired) electrons. The van der Waals surface area contributed by atoms with E-state index in [1.165, 1.54) is 0 Å². The number of benzene rings is 1. The van der Waals surface area contributed by atoms with Crippen molar-refractivity contribution in [1.29, 1.82) is 0 Å². The Morgan fingerprint density at radius 1 is 0.595 bits per heavy atom. The summed E-state index contributed by atoms with van der Waals surface area (Å²) in [7, 11) is 0. The van der Waals surface area contributed by atoms with Crippen LogP contribution in [0, 0.1) is 0 Å². The van der Waals surface area contributed by atoms with Gasteiger partial charge in [-0.25, -0.2) is 4.79 Å². The lowest BCUT2D eigenvalue weighted by Crippen LogP contribution is -2.74. The van der Waals surface area contributed by atoms with E-state index in [0.29, 0.717) is 0 Å². The van der Waals surface area contributed by atoms with Crippen molar-refractivity contribution in [3.8, 4) is 5.75 Å². The van der Waals surface area contributed by atoms with Gasteiger partial charge in [-0.3, -0.25) is 0 Å². The molecular formula is C17H7F17O2S. The van der Waals surface area contributed by atoms with Crippen LogP contribution in [0.4, 0.5) is 74.6 Å². The quantitative estimate of drug-likeness (QED) is 0.105. The molecule has 0 aromatic heterocycles. The number of alkyl halides is 17. The number of carbonyl (C=O) groups excluding carboxylic acids is 1. The summed E-state index contributed by atoms with van der Waals surface area (Å²) in [4.78, 5) is 10.6. The Balaban J connectivity index is 3.60. The lowest BCUT2D eigenvalue weighted by Gasteiger charge is -2.42. The van der Waals surface area contributed by atoms with Gasteiger partial charge < -0.3 is 4.74 Å². The highest BCUT2D eigenvalue weighted by molar-refractivity contribution is 7.85. The maximum Gasteiger partial charge on any atom is 0.460 e. The van der Waals surface area contributed by atoms with E-state index >= 15 is 0 Å². The number of ether oxygens (including phenoxy) is 1. The summed E-state index contributed by atoms with van der Waals surface area (Å²) >= 11 is 3.40. The molecule has 0 aliphatic carbocycles. The molecule has 0 saturated carbocycles. The molecular weight excluding hydrogens is 591 g/mol. The third-order valence-electron chi connectivity index (χ3n) is 4.39. The highest BCUT2D eigenvalue weighted by atomic mass is 32.1. The van der Waals surface area contributed by atoms with Crippen molar-refractivity contribution >= 4 is 18.6 Å². The molecule has 1 aromatic carbocycles. The van der Waals surface area contributed by atoms with Crippen LogP contribution in [0.5, 0.6) is 5.75 Å². The van der Waals surface area contributed by atoms with Crippen molar-refractivity contribution in [2.45, 2.75) is 47.6 Å². The van der Waals surface area contributed by atoms with Gasteiger partial charge >= 0.3 is 53.6 Å². The first-order valence-electron chi connectivity index (χ1n) is 8.47. The first-order chi connectivity index (χ1) is 16.1. The van der Waals surface area contributed by atoms with Crippen LogP contribution in [0.15, 0.2) is 35.7 Å². The summed E-state index contributed by atoms with van der Waals surface area (Å²) in [5.41, 5.74) is -2.44. The minimum Gasteiger partial charge on any atom is -0.423 e. The number of thiol groups is 1. The van der Waals surface area contributed by atoms with Crippen LogP contribution in [-0.2, 0) is 10.7 Å². The van der Waals surface area contributed by atoms with Gasteiger partial charge in [-0.05, 0) is 24.3 Å². The lowest BCUT2D eigenvalue weighted by molar-refractivity contribution is -0.462. The van der Waals surface area contributed by atoms with Crippen LogP contribution in [0.3, 0.4) is 0 Å². The van der Waals surface area contributed by atoms with Gasteiger partial charge in [0.15, 0.2) is 0 Å². The number of hydrogen-bond donors (Lipinski definition) is 1. The first kappa shape index (κ1) is 32.6. The number of rotatable bonds is 9. The Bertz CT molecular complexity index is 1030. The number of hydrogen-bond acceptors (Lipinski definition) is 3. The molecule has 0 aliphatic rings. The molecule has 0 atom stereocenters. The molecule has 0 heterocycles. The second-order valence-corrected chi connectivity index (χ2v) is 7.42. The van der Waals surface area contributed by atoms with E-state index < -0.39 is 69.8 Å². The minimum atomic E-state index is -8.70. The molecule has 212 valence electrons. The third-order valence-corrected chi connectivity index (χ3v) is 4.57. The molecule has 1 rings (SSSR count). The van der Waals surface area contributed by atoms with Crippen molar-refractivity contribution in [2.75, 3.05) is 0 Å². The van der Waals surface area contributed by atoms with E-state index in [1.807, 2.05) is 0 Å². The van der Waals surface area contributed by atoms with Gasteiger partial charge in [0, 0.05) is 5.56 Å². The largest absolute Gasteiger partial charge is 0.460 e. The van der Waals surface area contributed by atoms with Gasteiger partial charge in [0.05, 0.1) is 4.91 Å². The van der Waals surface area contributed by atoms with Crippen molar-refractivity contribution in [2.24, 2.45) is 0 Å². The van der Waals surface area contributed by atoms with Crippen LogP contribution in [0.2, 0.25) is 0 Å². The van der Waals surface area contributed by atoms with Gasteiger partial charge in [-0.1, -0.05) is 6.58 Å². The summed E-state index contributed by atoms with van der Waals surface area (Å²) in [6.07, 6.45) is -7.82. The van der Waals surface area contributed by atoms with Crippen molar-refractivity contribution in [3.63, 3.8) is 0 Å². The molecule has 0 fully saturated rings. The first-order valence-corrected chi connectivity index (χ1v) is 8.92. The molecule has 1 aromatic rings. The van der Waals surface area contributed by atoms with E-state index in [1.54, 1.807) is 0 Å². The fraction of sp³-hybridized carbons (Fsp3) is 0.471. The number of carbonyl (C=O) groups is 1. The normalized spacial score (nSPS) is 15.0. The zero-order valence-corrected chi connectivity index (χ0v) is 17.6. The van der Waals surface area contributed by atoms with Crippen molar-refractivity contribution in [3.05, 3.63) is 41.3 Å². The molecule has 0 amide bonds. The summed E-state index contributed by atoms with van der Waals surface area (Å²) < 4.78 is 230. The zero-order valence-electron chi connectivity index (χ0n) is 16.7. The molecule has 20 heteroatoms. The average molecular weight is 598 g/mol. The lowest BCUT2D eigenvalue weighted by atomic mass is 9.87. The minimum absolute atomic E-state index is 0.136. The molecule has 0 bridgehead atoms. The highest BCUT2D eigenvalue weighted by Crippen LogP contribution is 2.65. The second-order valence-electron chi connectivity index (χ2n) is 6.88. The fourth-order valence-corrected chi connectivity index (χ4v) is 2.29. The van der Waals surface area contributed by atoms with Gasteiger partial charge in [-0.15, -0.1) is 12.6 Å². The highest BCUT2D eigenvalue weighted by Gasteiger charge is 2.95. The molecule has 0 aliphatic heterocycles. The summed E-state index contributed by atoms with van der Waals surface area (Å²) in [6, 6.07) is -0.374. The summed E-state index contributed by atoms with van der Waals surface area (Å²) in [6.45, 7) is 2.95. The van der Waals surface area contributed by atoms with Gasteiger partial charge in [0.2, 0.25) is 0 Å². The zero-order chi connectivity index (χ0) is 29.8. The Labute approximate surface area is 198 Å². The van der Waals surface area contributed by atoms with Crippen LogP contribution in [0.1, 0.15) is 5.56 Å². The van der Waals surface area contributed by atoms with Crippen LogP contribution < -0.4 is 4.74 Å². The summed E-state index contributed by atoms with van der Waals surface area (Å²) in [5, 5.41) is 0. The molecule has 2 nitrogen and oxygen atoms in total. The van der Waals surface area contributed by atoms with Gasteiger partial charge in [0.25, 0.3) is 0 Å². The van der Waals surface area contributed by atoms with Crippen LogP contribution in [0.25, 0.3) is 0 Å². The van der Waals surface area contributed by atoms with E-state index in [-0.39, 0.29) is 24.3 Å². The monoisotopic (exact) mass is 598 g/mol. The molecule has 0 N–H and O–H groups in total. The molecule has 0 unspecified atom stereocenters. The Morgan fingerprint density at radius 3 is 1.24 bits per heavy atom. The van der Waals surface area contributed by atoms with E-state index in [4.69, 9.17) is 0 Å².